The van der Waals surface area contributed by atoms with Crippen LogP contribution >= 0.6 is 0 Å². The van der Waals surface area contributed by atoms with Crippen LogP contribution in [0.5, 0.6) is 11.5 Å². The van der Waals surface area contributed by atoms with Gasteiger partial charge in [-0.2, -0.15) is 0 Å². The lowest BCUT2D eigenvalue weighted by atomic mass is 10.1. The van der Waals surface area contributed by atoms with E-state index in [4.69, 9.17) is 9.47 Å². The van der Waals surface area contributed by atoms with Gasteiger partial charge < -0.3 is 19.3 Å². The summed E-state index contributed by atoms with van der Waals surface area (Å²) in [6, 6.07) is 15.6. The lowest BCUT2D eigenvalue weighted by molar-refractivity contribution is 0.0746. The summed E-state index contributed by atoms with van der Waals surface area (Å²) in [6.45, 7) is 5.35. The summed E-state index contributed by atoms with van der Waals surface area (Å²) in [5, 5.41) is 0. The molecule has 2 heterocycles. The highest BCUT2D eigenvalue weighted by molar-refractivity contribution is 5.95. The number of carbonyl (C=O) groups is 1. The first-order chi connectivity index (χ1) is 15.6. The third-order valence-electron chi connectivity index (χ3n) is 5.39. The summed E-state index contributed by atoms with van der Waals surface area (Å²) in [6.07, 6.45) is 3.44. The molecule has 1 aliphatic rings. The Hall–Kier alpha value is -3.61. The van der Waals surface area contributed by atoms with Crippen LogP contribution in [0.2, 0.25) is 0 Å². The van der Waals surface area contributed by atoms with Crippen LogP contribution in [0.15, 0.2) is 67.0 Å². The van der Waals surface area contributed by atoms with Crippen LogP contribution in [0.1, 0.15) is 22.8 Å². The first-order valence-corrected chi connectivity index (χ1v) is 10.7. The minimum Gasteiger partial charge on any atom is -0.490 e. The van der Waals surface area contributed by atoms with Gasteiger partial charge in [-0.15, -0.1) is 0 Å². The van der Waals surface area contributed by atoms with Gasteiger partial charge in [0.05, 0.1) is 6.61 Å². The largest absolute Gasteiger partial charge is 0.490 e. The van der Waals surface area contributed by atoms with Crippen molar-refractivity contribution in [2.75, 3.05) is 37.7 Å². The third kappa shape index (κ3) is 5.17. The van der Waals surface area contributed by atoms with Gasteiger partial charge in [-0.25, -0.2) is 4.39 Å². The Morgan fingerprint density at radius 2 is 1.66 bits per heavy atom. The number of hydrogen-bond acceptors (Lipinski definition) is 5. The fourth-order valence-electron chi connectivity index (χ4n) is 3.67. The molecule has 2 aromatic carbocycles. The number of pyridine rings is 1. The van der Waals surface area contributed by atoms with Crippen LogP contribution in [-0.2, 0) is 6.61 Å². The molecule has 7 heteroatoms. The van der Waals surface area contributed by atoms with Crippen LogP contribution in [0.3, 0.4) is 0 Å². The number of anilines is 1. The van der Waals surface area contributed by atoms with Gasteiger partial charge in [-0.3, -0.25) is 9.78 Å². The van der Waals surface area contributed by atoms with E-state index in [0.29, 0.717) is 56.5 Å². The maximum Gasteiger partial charge on any atom is 0.254 e. The Morgan fingerprint density at radius 3 is 2.34 bits per heavy atom. The van der Waals surface area contributed by atoms with E-state index in [1.165, 1.54) is 12.1 Å². The number of halogens is 1. The second-order valence-electron chi connectivity index (χ2n) is 7.49. The van der Waals surface area contributed by atoms with E-state index in [0.717, 1.165) is 11.3 Å². The summed E-state index contributed by atoms with van der Waals surface area (Å²) in [4.78, 5) is 21.1. The molecule has 166 valence electrons. The Labute approximate surface area is 187 Å². The number of nitrogens with zero attached hydrogens (tertiary/aromatic N) is 3. The summed E-state index contributed by atoms with van der Waals surface area (Å²) >= 11 is 0. The smallest absolute Gasteiger partial charge is 0.254 e. The number of hydrogen-bond donors (Lipinski definition) is 0. The normalized spacial score (nSPS) is 13.7. The van der Waals surface area contributed by atoms with Crippen molar-refractivity contribution < 1.29 is 18.7 Å². The summed E-state index contributed by atoms with van der Waals surface area (Å²) in [5.74, 6) is 0.866. The minimum absolute atomic E-state index is 0.0367. The van der Waals surface area contributed by atoms with Crippen molar-refractivity contribution in [3.8, 4) is 11.5 Å². The predicted octanol–water partition coefficient (Wildman–Crippen LogP) is 4.16. The van der Waals surface area contributed by atoms with Crippen molar-refractivity contribution in [1.29, 1.82) is 0 Å². The van der Waals surface area contributed by atoms with E-state index >= 15 is 0 Å². The van der Waals surface area contributed by atoms with Gasteiger partial charge in [0.25, 0.3) is 5.91 Å². The lowest BCUT2D eigenvalue weighted by Crippen LogP contribution is -2.48. The molecular formula is C25H26FN3O3. The molecule has 0 saturated carbocycles. The van der Waals surface area contributed by atoms with Crippen molar-refractivity contribution in [1.82, 2.24) is 9.88 Å². The molecule has 0 bridgehead atoms. The van der Waals surface area contributed by atoms with Crippen molar-refractivity contribution in [3.63, 3.8) is 0 Å². The molecule has 1 fully saturated rings. The van der Waals surface area contributed by atoms with Gasteiger partial charge in [0, 0.05) is 49.8 Å². The Kier molecular flexibility index (Phi) is 6.84. The zero-order valence-electron chi connectivity index (χ0n) is 18.0. The molecule has 1 saturated heterocycles. The second kappa shape index (κ2) is 10.1. The maximum atomic E-state index is 13.2. The summed E-state index contributed by atoms with van der Waals surface area (Å²) in [7, 11) is 0. The molecule has 1 aliphatic heterocycles. The number of aromatic nitrogens is 1. The van der Waals surface area contributed by atoms with Crippen LogP contribution in [0, 0.1) is 5.82 Å². The number of ether oxygens (including phenoxy) is 2. The molecule has 4 rings (SSSR count). The second-order valence-corrected chi connectivity index (χ2v) is 7.49. The van der Waals surface area contributed by atoms with Crippen molar-refractivity contribution in [3.05, 3.63) is 83.9 Å². The maximum absolute atomic E-state index is 13.2. The molecule has 0 N–H and O–H groups in total. The highest BCUT2D eigenvalue weighted by Crippen LogP contribution is 2.30. The molecular weight excluding hydrogens is 409 g/mol. The van der Waals surface area contributed by atoms with Gasteiger partial charge in [-0.05, 0) is 67.1 Å². The van der Waals surface area contributed by atoms with E-state index in [1.54, 1.807) is 42.7 Å². The van der Waals surface area contributed by atoms with E-state index in [9.17, 15) is 9.18 Å². The zero-order chi connectivity index (χ0) is 22.3. The topological polar surface area (TPSA) is 54.9 Å². The molecule has 1 aromatic heterocycles. The Morgan fingerprint density at radius 1 is 0.938 bits per heavy atom. The molecule has 3 aromatic rings. The SMILES string of the molecule is CCOc1cc(C(=O)N2CCN(c3ccc(F)cc3)CC2)ccc1OCc1ccncc1. The lowest BCUT2D eigenvalue weighted by Gasteiger charge is -2.36. The van der Waals surface area contributed by atoms with E-state index in [2.05, 4.69) is 9.88 Å². The average Bonchev–Trinajstić information content (AvgIpc) is 2.84. The highest BCUT2D eigenvalue weighted by Gasteiger charge is 2.23. The Balaban J connectivity index is 1.40. The molecule has 1 amide bonds. The first kappa shape index (κ1) is 21.6. The van der Waals surface area contributed by atoms with Crippen molar-refractivity contribution in [2.24, 2.45) is 0 Å². The number of rotatable bonds is 7. The standard InChI is InChI=1S/C25H26FN3O3/c1-2-31-24-17-20(3-8-23(24)32-18-19-9-11-27-12-10-19)25(30)29-15-13-28(14-16-29)22-6-4-21(26)5-7-22/h3-12,17H,2,13-16,18H2,1H3. The summed E-state index contributed by atoms with van der Waals surface area (Å²) < 4.78 is 24.8. The van der Waals surface area contributed by atoms with Crippen LogP contribution in [-0.4, -0.2) is 48.6 Å². The van der Waals surface area contributed by atoms with E-state index in [1.807, 2.05) is 24.0 Å². The molecule has 32 heavy (non-hydrogen) atoms. The number of carbonyl (C=O) groups excluding carboxylic acids is 1. The Bertz CT molecular complexity index is 1040. The highest BCUT2D eigenvalue weighted by atomic mass is 19.1. The molecule has 6 nitrogen and oxygen atoms in total. The molecule has 0 unspecified atom stereocenters. The molecule has 0 atom stereocenters. The van der Waals surface area contributed by atoms with Gasteiger partial charge in [0.1, 0.15) is 12.4 Å². The zero-order valence-corrected chi connectivity index (χ0v) is 18.0. The molecule has 0 spiro atoms. The molecule has 0 radical (unpaired) electrons. The number of amides is 1. The third-order valence-corrected chi connectivity index (χ3v) is 5.39. The van der Waals surface area contributed by atoms with Gasteiger partial charge >= 0.3 is 0 Å². The van der Waals surface area contributed by atoms with E-state index < -0.39 is 0 Å². The van der Waals surface area contributed by atoms with Gasteiger partial charge in [0.15, 0.2) is 11.5 Å². The molecule has 0 aliphatic carbocycles. The van der Waals surface area contributed by atoms with Crippen molar-refractivity contribution in [2.45, 2.75) is 13.5 Å². The predicted molar refractivity (Wildman–Crippen MR) is 121 cm³/mol. The van der Waals surface area contributed by atoms with E-state index in [-0.39, 0.29) is 11.7 Å². The van der Waals surface area contributed by atoms with Crippen LogP contribution in [0.25, 0.3) is 0 Å². The quantitative estimate of drug-likeness (QED) is 0.558. The fourth-order valence-corrected chi connectivity index (χ4v) is 3.67. The number of benzene rings is 2. The summed E-state index contributed by atoms with van der Waals surface area (Å²) in [5.41, 5.74) is 2.54. The average molecular weight is 435 g/mol. The number of piperazine rings is 1. The van der Waals surface area contributed by atoms with Crippen LogP contribution < -0.4 is 14.4 Å². The monoisotopic (exact) mass is 435 g/mol. The van der Waals surface area contributed by atoms with Gasteiger partial charge in [0.2, 0.25) is 0 Å². The first-order valence-electron chi connectivity index (χ1n) is 10.7. The fraction of sp³-hybridized carbons (Fsp3) is 0.280. The van der Waals surface area contributed by atoms with Crippen LogP contribution in [0.4, 0.5) is 10.1 Å². The minimum atomic E-state index is -0.249. The van der Waals surface area contributed by atoms with Crippen molar-refractivity contribution >= 4 is 11.6 Å². The van der Waals surface area contributed by atoms with Gasteiger partial charge in [-0.1, -0.05) is 0 Å².